The molecule has 3 aromatic rings. The molecule has 0 spiro atoms. The molecule has 8 heteroatoms. The first kappa shape index (κ1) is 20.0. The first-order chi connectivity index (χ1) is 14.1. The van der Waals surface area contributed by atoms with Crippen LogP contribution in [0.15, 0.2) is 83.0 Å². The molecule has 0 aliphatic rings. The minimum Gasteiger partial charge on any atom is -0.496 e. The van der Waals surface area contributed by atoms with Crippen molar-refractivity contribution < 1.29 is 19.2 Å². The molecule has 1 amide bonds. The van der Waals surface area contributed by atoms with Crippen LogP contribution in [0.2, 0.25) is 5.02 Å². The van der Waals surface area contributed by atoms with Crippen LogP contribution in [-0.2, 0) is 4.84 Å². The van der Waals surface area contributed by atoms with Gasteiger partial charge in [0.2, 0.25) is 0 Å². The molecule has 29 heavy (non-hydrogen) atoms. The maximum absolute atomic E-state index is 12.2. The van der Waals surface area contributed by atoms with Gasteiger partial charge in [-0.15, -0.1) is 10.2 Å². The van der Waals surface area contributed by atoms with E-state index in [1.807, 2.05) is 0 Å². The number of nitrogens with one attached hydrogen (secondary N) is 1. The number of carbonyl (C=O) groups is 2. The molecule has 0 saturated carbocycles. The summed E-state index contributed by atoms with van der Waals surface area (Å²) in [5.74, 6) is -0.698. The molecular formula is C21H16ClN3O4. The highest BCUT2D eigenvalue weighted by Gasteiger charge is 2.12. The fraction of sp³-hybridized carbons (Fsp3) is 0.0476. The Balaban J connectivity index is 1.60. The van der Waals surface area contributed by atoms with E-state index in [1.165, 1.54) is 7.11 Å². The van der Waals surface area contributed by atoms with Crippen molar-refractivity contribution in [2.45, 2.75) is 0 Å². The van der Waals surface area contributed by atoms with Gasteiger partial charge in [0.1, 0.15) is 5.75 Å². The minimum absolute atomic E-state index is 0.252. The zero-order valence-electron chi connectivity index (χ0n) is 15.3. The van der Waals surface area contributed by atoms with Crippen molar-refractivity contribution in [1.29, 1.82) is 0 Å². The number of para-hydroxylation sites is 1. The van der Waals surface area contributed by atoms with Crippen molar-refractivity contribution in [2.75, 3.05) is 12.6 Å². The molecule has 0 unspecified atom stereocenters. The number of rotatable bonds is 6. The molecule has 0 aromatic heterocycles. The molecule has 0 aliphatic carbocycles. The maximum atomic E-state index is 12.2. The van der Waals surface area contributed by atoms with Gasteiger partial charge in [0.25, 0.3) is 5.91 Å². The number of ether oxygens (including phenoxy) is 1. The van der Waals surface area contributed by atoms with Gasteiger partial charge in [0.05, 0.1) is 34.6 Å². The van der Waals surface area contributed by atoms with E-state index in [1.54, 1.807) is 72.8 Å². The lowest BCUT2D eigenvalue weighted by molar-refractivity contribution is 0.0596. The van der Waals surface area contributed by atoms with Gasteiger partial charge in [0.15, 0.2) is 0 Å². The Morgan fingerprint density at radius 3 is 2.24 bits per heavy atom. The molecular weight excluding hydrogens is 394 g/mol. The van der Waals surface area contributed by atoms with Crippen molar-refractivity contribution in [3.05, 3.63) is 88.9 Å². The number of nitrogens with zero attached hydrogens (tertiary/aromatic N) is 2. The second-order valence-electron chi connectivity index (χ2n) is 5.72. The lowest BCUT2D eigenvalue weighted by Gasteiger charge is -2.07. The van der Waals surface area contributed by atoms with Gasteiger partial charge in [0, 0.05) is 0 Å². The Morgan fingerprint density at radius 1 is 0.897 bits per heavy atom. The number of benzene rings is 3. The second-order valence-corrected chi connectivity index (χ2v) is 6.13. The Morgan fingerprint density at radius 2 is 1.55 bits per heavy atom. The summed E-state index contributed by atoms with van der Waals surface area (Å²) in [5, 5.41) is 7.93. The van der Waals surface area contributed by atoms with Gasteiger partial charge in [-0.2, -0.15) is 0 Å². The van der Waals surface area contributed by atoms with Crippen LogP contribution in [0.3, 0.4) is 0 Å². The molecule has 3 aromatic carbocycles. The average molecular weight is 410 g/mol. The Kier molecular flexibility index (Phi) is 6.55. The highest BCUT2D eigenvalue weighted by Crippen LogP contribution is 2.21. The molecule has 0 atom stereocenters. The molecule has 146 valence electrons. The topological polar surface area (TPSA) is 89.3 Å². The lowest BCUT2D eigenvalue weighted by Crippen LogP contribution is -2.11. The molecule has 7 nitrogen and oxygen atoms in total. The normalized spacial score (nSPS) is 10.6. The number of amides is 1. The van der Waals surface area contributed by atoms with Gasteiger partial charge >= 0.3 is 5.97 Å². The third kappa shape index (κ3) is 5.18. The van der Waals surface area contributed by atoms with Gasteiger partial charge < -0.3 is 9.57 Å². The molecule has 0 saturated heterocycles. The number of hydrogen-bond donors (Lipinski definition) is 1. The van der Waals surface area contributed by atoms with E-state index < -0.39 is 11.9 Å². The van der Waals surface area contributed by atoms with Crippen molar-refractivity contribution in [2.24, 2.45) is 10.2 Å². The van der Waals surface area contributed by atoms with Crippen molar-refractivity contribution in [3.8, 4) is 5.75 Å². The summed E-state index contributed by atoms with van der Waals surface area (Å²) in [6.07, 6.45) is 0. The molecule has 0 radical (unpaired) electrons. The highest BCUT2D eigenvalue weighted by molar-refractivity contribution is 6.33. The summed E-state index contributed by atoms with van der Waals surface area (Å²) >= 11 is 5.96. The molecule has 0 fully saturated rings. The van der Waals surface area contributed by atoms with E-state index in [4.69, 9.17) is 21.2 Å². The first-order valence-electron chi connectivity index (χ1n) is 8.49. The molecule has 0 aliphatic heterocycles. The van der Waals surface area contributed by atoms with Crippen LogP contribution in [-0.4, -0.2) is 19.0 Å². The third-order valence-electron chi connectivity index (χ3n) is 3.82. The van der Waals surface area contributed by atoms with Crippen LogP contribution in [0, 0.1) is 0 Å². The molecule has 0 bridgehead atoms. The fourth-order valence-corrected chi connectivity index (χ4v) is 2.57. The minimum atomic E-state index is -0.609. The van der Waals surface area contributed by atoms with E-state index >= 15 is 0 Å². The predicted octanol–water partition coefficient (Wildman–Crippen LogP) is 5.46. The summed E-state index contributed by atoms with van der Waals surface area (Å²) < 4.78 is 5.14. The van der Waals surface area contributed by atoms with E-state index in [-0.39, 0.29) is 5.56 Å². The number of anilines is 1. The molecule has 0 heterocycles. The summed E-state index contributed by atoms with van der Waals surface area (Å²) in [6, 6.07) is 19.8. The maximum Gasteiger partial charge on any atom is 0.364 e. The summed E-state index contributed by atoms with van der Waals surface area (Å²) in [6.45, 7) is 0. The zero-order valence-corrected chi connectivity index (χ0v) is 16.1. The standard InChI is InChI=1S/C21H16ClN3O4/c1-28-19-9-5-3-7-17(19)20(26)24-23-14-10-12-15(13-11-14)25-29-21(27)16-6-2-4-8-18(16)22/h2-13,25H,1H3. The summed E-state index contributed by atoms with van der Waals surface area (Å²) in [5.41, 5.74) is 4.08. The van der Waals surface area contributed by atoms with Gasteiger partial charge in [-0.3, -0.25) is 4.79 Å². The number of halogens is 1. The van der Waals surface area contributed by atoms with E-state index in [2.05, 4.69) is 15.7 Å². The lowest BCUT2D eigenvalue weighted by atomic mass is 10.2. The van der Waals surface area contributed by atoms with Crippen LogP contribution in [0.25, 0.3) is 0 Å². The smallest absolute Gasteiger partial charge is 0.364 e. The number of carbonyl (C=O) groups excluding carboxylic acids is 2. The van der Waals surface area contributed by atoms with E-state index in [9.17, 15) is 9.59 Å². The Bertz CT molecular complexity index is 1050. The van der Waals surface area contributed by atoms with Crippen LogP contribution < -0.4 is 10.2 Å². The third-order valence-corrected chi connectivity index (χ3v) is 4.15. The van der Waals surface area contributed by atoms with E-state index in [0.717, 1.165) is 0 Å². The van der Waals surface area contributed by atoms with Gasteiger partial charge in [-0.05, 0) is 48.5 Å². The Hall–Kier alpha value is -3.71. The number of azo groups is 1. The van der Waals surface area contributed by atoms with Crippen LogP contribution in [0.5, 0.6) is 5.75 Å². The van der Waals surface area contributed by atoms with Gasteiger partial charge in [-0.25, -0.2) is 10.3 Å². The summed E-state index contributed by atoms with van der Waals surface area (Å²) in [7, 11) is 1.48. The molecule has 3 rings (SSSR count). The number of hydrogen-bond acceptors (Lipinski definition) is 6. The van der Waals surface area contributed by atoms with Crippen LogP contribution >= 0.6 is 11.6 Å². The first-order valence-corrected chi connectivity index (χ1v) is 8.87. The van der Waals surface area contributed by atoms with Crippen LogP contribution in [0.4, 0.5) is 11.4 Å². The van der Waals surface area contributed by atoms with Gasteiger partial charge in [-0.1, -0.05) is 35.9 Å². The SMILES string of the molecule is COc1ccccc1C(=O)N=Nc1ccc(NOC(=O)c2ccccc2Cl)cc1. The fourth-order valence-electron chi connectivity index (χ4n) is 2.36. The van der Waals surface area contributed by atoms with Crippen LogP contribution in [0.1, 0.15) is 20.7 Å². The quantitative estimate of drug-likeness (QED) is 0.431. The number of methoxy groups -OCH3 is 1. The average Bonchev–Trinajstić information content (AvgIpc) is 2.76. The second kappa shape index (κ2) is 9.48. The largest absolute Gasteiger partial charge is 0.496 e. The highest BCUT2D eigenvalue weighted by atomic mass is 35.5. The Labute approximate surface area is 171 Å². The molecule has 1 N–H and O–H groups in total. The predicted molar refractivity (Wildman–Crippen MR) is 109 cm³/mol. The zero-order chi connectivity index (χ0) is 20.6. The van der Waals surface area contributed by atoms with Crippen molar-refractivity contribution in [3.63, 3.8) is 0 Å². The summed E-state index contributed by atoms with van der Waals surface area (Å²) in [4.78, 5) is 29.2. The monoisotopic (exact) mass is 409 g/mol. The van der Waals surface area contributed by atoms with Crippen molar-refractivity contribution >= 4 is 34.9 Å². The van der Waals surface area contributed by atoms with E-state index in [0.29, 0.717) is 27.7 Å². The van der Waals surface area contributed by atoms with Crippen molar-refractivity contribution in [1.82, 2.24) is 0 Å².